The average Bonchev–Trinajstić information content (AvgIpc) is 2.72. The van der Waals surface area contributed by atoms with E-state index in [-0.39, 0.29) is 12.1 Å². The van der Waals surface area contributed by atoms with Crippen molar-refractivity contribution in [3.05, 3.63) is 64.7 Å². The summed E-state index contributed by atoms with van der Waals surface area (Å²) in [5.41, 5.74) is 6.65. The monoisotopic (exact) mass is 424 g/mol. The number of nitrogens with zero attached hydrogens (tertiary/aromatic N) is 2. The Labute approximate surface area is 181 Å². The Morgan fingerprint density at radius 1 is 1.16 bits per heavy atom. The highest BCUT2D eigenvalue weighted by Crippen LogP contribution is 2.19. The van der Waals surface area contributed by atoms with E-state index in [4.69, 9.17) is 15.2 Å². The van der Waals surface area contributed by atoms with E-state index in [1.807, 2.05) is 13.0 Å². The predicted molar refractivity (Wildman–Crippen MR) is 120 cm³/mol. The third-order valence-corrected chi connectivity index (χ3v) is 4.40. The summed E-state index contributed by atoms with van der Waals surface area (Å²) in [6.07, 6.45) is -0.585. The van der Waals surface area contributed by atoms with Crippen molar-refractivity contribution in [2.24, 2.45) is 5.73 Å². The highest BCUT2D eigenvalue weighted by atomic mass is 16.6. The van der Waals surface area contributed by atoms with Gasteiger partial charge in [0.1, 0.15) is 17.2 Å². The standard InChI is InChI=1S/C23H28N4O4/c1-5-30-16-12-10-15(11-13-16)27-20(18(24)14-25-22(29)31-23(2,3)4)26-19-9-7-6-8-17(19)21(27)28/h6-13,18H,5,14,24H2,1-4H3,(H,25,29)/t18-/m1/s1. The minimum atomic E-state index is -0.739. The molecule has 0 fully saturated rings. The fourth-order valence-electron chi connectivity index (χ4n) is 3.10. The fraction of sp³-hybridized carbons (Fsp3) is 0.348. The second kappa shape index (κ2) is 9.18. The fourth-order valence-corrected chi connectivity index (χ4v) is 3.10. The van der Waals surface area contributed by atoms with Crippen molar-refractivity contribution >= 4 is 17.0 Å². The van der Waals surface area contributed by atoms with Gasteiger partial charge in [0, 0.05) is 6.54 Å². The molecule has 0 saturated heterocycles. The Morgan fingerprint density at radius 2 is 1.84 bits per heavy atom. The van der Waals surface area contributed by atoms with Gasteiger partial charge in [0.25, 0.3) is 5.56 Å². The van der Waals surface area contributed by atoms with E-state index in [1.54, 1.807) is 63.2 Å². The summed E-state index contributed by atoms with van der Waals surface area (Å²) in [5, 5.41) is 3.13. The highest BCUT2D eigenvalue weighted by molar-refractivity contribution is 5.78. The van der Waals surface area contributed by atoms with Crippen LogP contribution in [0.1, 0.15) is 39.6 Å². The largest absolute Gasteiger partial charge is 0.494 e. The molecule has 0 spiro atoms. The van der Waals surface area contributed by atoms with Gasteiger partial charge < -0.3 is 20.5 Å². The number of hydrogen-bond acceptors (Lipinski definition) is 6. The van der Waals surface area contributed by atoms with Gasteiger partial charge >= 0.3 is 6.09 Å². The lowest BCUT2D eigenvalue weighted by atomic mass is 10.2. The van der Waals surface area contributed by atoms with Crippen LogP contribution in [0.4, 0.5) is 4.79 Å². The molecule has 1 aromatic heterocycles. The van der Waals surface area contributed by atoms with E-state index in [2.05, 4.69) is 10.3 Å². The maximum Gasteiger partial charge on any atom is 0.407 e. The first kappa shape index (κ1) is 22.3. The van der Waals surface area contributed by atoms with E-state index >= 15 is 0 Å². The van der Waals surface area contributed by atoms with Crippen LogP contribution < -0.4 is 21.3 Å². The van der Waals surface area contributed by atoms with Crippen LogP contribution in [0.15, 0.2) is 53.3 Å². The predicted octanol–water partition coefficient (Wildman–Crippen LogP) is 3.31. The normalized spacial score (nSPS) is 12.4. The number of amides is 1. The first-order chi connectivity index (χ1) is 14.7. The second-order valence-corrected chi connectivity index (χ2v) is 8.04. The SMILES string of the molecule is CCOc1ccc(-n2c([C@H](N)CNC(=O)OC(C)(C)C)nc3ccccc3c2=O)cc1. The molecule has 0 unspecified atom stereocenters. The Morgan fingerprint density at radius 3 is 2.48 bits per heavy atom. The summed E-state index contributed by atoms with van der Waals surface area (Å²) in [6.45, 7) is 7.84. The van der Waals surface area contributed by atoms with Gasteiger partial charge in [-0.3, -0.25) is 9.36 Å². The van der Waals surface area contributed by atoms with Crippen molar-refractivity contribution in [1.82, 2.24) is 14.9 Å². The summed E-state index contributed by atoms with van der Waals surface area (Å²) in [4.78, 5) is 30.0. The molecule has 8 nitrogen and oxygen atoms in total. The zero-order valence-corrected chi connectivity index (χ0v) is 18.2. The van der Waals surface area contributed by atoms with E-state index in [1.165, 1.54) is 4.57 Å². The molecule has 1 heterocycles. The second-order valence-electron chi connectivity index (χ2n) is 8.04. The molecular weight excluding hydrogens is 396 g/mol. The lowest BCUT2D eigenvalue weighted by molar-refractivity contribution is 0.0524. The Hall–Kier alpha value is -3.39. The van der Waals surface area contributed by atoms with Crippen molar-refractivity contribution in [2.75, 3.05) is 13.2 Å². The summed E-state index contributed by atoms with van der Waals surface area (Å²) < 4.78 is 12.2. The first-order valence-corrected chi connectivity index (χ1v) is 10.2. The quantitative estimate of drug-likeness (QED) is 0.628. The van der Waals surface area contributed by atoms with Crippen LogP contribution in [0, 0.1) is 0 Å². The minimum Gasteiger partial charge on any atom is -0.494 e. The number of carbonyl (C=O) groups is 1. The Bertz CT molecular complexity index is 1120. The topological polar surface area (TPSA) is 108 Å². The molecule has 1 amide bonds. The van der Waals surface area contributed by atoms with Gasteiger partial charge in [-0.05, 0) is 64.1 Å². The number of rotatable bonds is 6. The van der Waals surface area contributed by atoms with E-state index in [9.17, 15) is 9.59 Å². The Balaban J connectivity index is 2.00. The molecule has 0 aliphatic carbocycles. The number of benzene rings is 2. The van der Waals surface area contributed by atoms with Gasteiger partial charge in [0.05, 0.1) is 29.2 Å². The van der Waals surface area contributed by atoms with E-state index < -0.39 is 17.7 Å². The Kier molecular flexibility index (Phi) is 6.60. The molecule has 0 aliphatic rings. The van der Waals surface area contributed by atoms with E-state index in [0.29, 0.717) is 34.8 Å². The van der Waals surface area contributed by atoms with Crippen LogP contribution in [0.25, 0.3) is 16.6 Å². The number of fused-ring (bicyclic) bond motifs is 1. The van der Waals surface area contributed by atoms with Crippen molar-refractivity contribution in [3.8, 4) is 11.4 Å². The van der Waals surface area contributed by atoms with Crippen LogP contribution >= 0.6 is 0 Å². The van der Waals surface area contributed by atoms with Gasteiger partial charge in [-0.15, -0.1) is 0 Å². The number of ether oxygens (including phenoxy) is 2. The number of para-hydroxylation sites is 1. The molecule has 3 rings (SSSR count). The van der Waals surface area contributed by atoms with Crippen LogP contribution in [0.2, 0.25) is 0 Å². The molecule has 3 aromatic rings. The lowest BCUT2D eigenvalue weighted by Gasteiger charge is -2.22. The highest BCUT2D eigenvalue weighted by Gasteiger charge is 2.21. The molecule has 8 heteroatoms. The van der Waals surface area contributed by atoms with Gasteiger partial charge in [-0.25, -0.2) is 9.78 Å². The van der Waals surface area contributed by atoms with Crippen molar-refractivity contribution < 1.29 is 14.3 Å². The summed E-state index contributed by atoms with van der Waals surface area (Å²) in [6, 6.07) is 13.5. The molecule has 1 atom stereocenters. The molecule has 0 bridgehead atoms. The van der Waals surface area contributed by atoms with Gasteiger partial charge in [0.15, 0.2) is 0 Å². The van der Waals surface area contributed by atoms with Crippen molar-refractivity contribution in [3.63, 3.8) is 0 Å². The molecule has 0 saturated carbocycles. The first-order valence-electron chi connectivity index (χ1n) is 10.2. The number of nitrogens with one attached hydrogen (secondary N) is 1. The third-order valence-electron chi connectivity index (χ3n) is 4.40. The molecule has 2 aromatic carbocycles. The minimum absolute atomic E-state index is 0.0523. The average molecular weight is 425 g/mol. The van der Waals surface area contributed by atoms with Crippen LogP contribution in [-0.2, 0) is 4.74 Å². The zero-order chi connectivity index (χ0) is 22.6. The smallest absolute Gasteiger partial charge is 0.407 e. The molecule has 31 heavy (non-hydrogen) atoms. The van der Waals surface area contributed by atoms with Crippen molar-refractivity contribution in [2.45, 2.75) is 39.3 Å². The van der Waals surface area contributed by atoms with Crippen LogP contribution in [0.5, 0.6) is 5.75 Å². The van der Waals surface area contributed by atoms with Gasteiger partial charge in [-0.2, -0.15) is 0 Å². The number of aromatic nitrogens is 2. The van der Waals surface area contributed by atoms with Crippen molar-refractivity contribution in [1.29, 1.82) is 0 Å². The maximum atomic E-state index is 13.3. The van der Waals surface area contributed by atoms with Crippen LogP contribution in [0.3, 0.4) is 0 Å². The molecule has 0 radical (unpaired) electrons. The number of carbonyl (C=O) groups excluding carboxylic acids is 1. The molecule has 3 N–H and O–H groups in total. The molecular formula is C23H28N4O4. The van der Waals surface area contributed by atoms with Gasteiger partial charge in [-0.1, -0.05) is 12.1 Å². The summed E-state index contributed by atoms with van der Waals surface area (Å²) >= 11 is 0. The zero-order valence-electron chi connectivity index (χ0n) is 18.2. The third kappa shape index (κ3) is 5.40. The number of alkyl carbamates (subject to hydrolysis) is 1. The number of nitrogens with two attached hydrogens (primary N) is 1. The molecule has 164 valence electrons. The summed E-state index contributed by atoms with van der Waals surface area (Å²) in [7, 11) is 0. The molecule has 0 aliphatic heterocycles. The van der Waals surface area contributed by atoms with Gasteiger partial charge in [0.2, 0.25) is 0 Å². The number of hydrogen-bond donors (Lipinski definition) is 2. The van der Waals surface area contributed by atoms with E-state index in [0.717, 1.165) is 0 Å². The maximum absolute atomic E-state index is 13.3. The van der Waals surface area contributed by atoms with Crippen LogP contribution in [-0.4, -0.2) is 34.4 Å². The summed E-state index contributed by atoms with van der Waals surface area (Å²) in [5.74, 6) is 1.04. The lowest BCUT2D eigenvalue weighted by Crippen LogP contribution is -2.38.